The van der Waals surface area contributed by atoms with Gasteiger partial charge in [0, 0.05) is 23.9 Å². The van der Waals surface area contributed by atoms with Crippen molar-refractivity contribution < 1.29 is 19.2 Å². The van der Waals surface area contributed by atoms with Gasteiger partial charge in [-0.15, -0.1) is 0 Å². The van der Waals surface area contributed by atoms with Gasteiger partial charge in [-0.1, -0.05) is 6.07 Å². The smallest absolute Gasteiger partial charge is 0.269 e. The first-order chi connectivity index (χ1) is 11.0. The van der Waals surface area contributed by atoms with Crippen molar-refractivity contribution in [3.8, 4) is 11.5 Å². The van der Waals surface area contributed by atoms with Gasteiger partial charge in [-0.2, -0.15) is 0 Å². The molecule has 2 rings (SSSR count). The molecule has 1 amide bonds. The van der Waals surface area contributed by atoms with Crippen LogP contribution >= 0.6 is 0 Å². The third kappa shape index (κ3) is 4.44. The van der Waals surface area contributed by atoms with Crippen LogP contribution in [0.3, 0.4) is 0 Å². The number of amides is 1. The molecular formula is C16H16N2O5. The Morgan fingerprint density at radius 3 is 2.48 bits per heavy atom. The number of hydrogen-bond acceptors (Lipinski definition) is 5. The fourth-order valence-corrected chi connectivity index (χ4v) is 1.85. The Kier molecular flexibility index (Phi) is 5.14. The lowest BCUT2D eigenvalue weighted by Gasteiger charge is -2.15. The van der Waals surface area contributed by atoms with Crippen LogP contribution in [0.2, 0.25) is 0 Å². The number of rotatable bonds is 6. The van der Waals surface area contributed by atoms with Crippen LogP contribution in [0.25, 0.3) is 0 Å². The summed E-state index contributed by atoms with van der Waals surface area (Å²) in [5.41, 5.74) is 0.555. The van der Waals surface area contributed by atoms with Crippen LogP contribution < -0.4 is 14.8 Å². The molecule has 1 N–H and O–H groups in total. The first-order valence-electron chi connectivity index (χ1n) is 6.85. The maximum absolute atomic E-state index is 12.1. The summed E-state index contributed by atoms with van der Waals surface area (Å²) in [6, 6.07) is 12.5. The number of nitro benzene ring substituents is 1. The number of nitro groups is 1. The third-order valence-corrected chi connectivity index (χ3v) is 3.07. The largest absolute Gasteiger partial charge is 0.497 e. The summed E-state index contributed by atoms with van der Waals surface area (Å²) in [5, 5.41) is 13.3. The molecule has 0 saturated carbocycles. The van der Waals surface area contributed by atoms with Crippen molar-refractivity contribution in [3.63, 3.8) is 0 Å². The lowest BCUT2D eigenvalue weighted by atomic mass is 10.2. The molecule has 0 aliphatic carbocycles. The Labute approximate surface area is 133 Å². The molecule has 0 fully saturated rings. The molecule has 0 spiro atoms. The molecule has 0 aliphatic heterocycles. The van der Waals surface area contributed by atoms with E-state index in [1.807, 2.05) is 0 Å². The van der Waals surface area contributed by atoms with Gasteiger partial charge in [-0.3, -0.25) is 14.9 Å². The molecule has 2 aromatic rings. The van der Waals surface area contributed by atoms with Crippen LogP contribution in [-0.4, -0.2) is 24.0 Å². The third-order valence-electron chi connectivity index (χ3n) is 3.07. The second-order valence-electron chi connectivity index (χ2n) is 4.73. The van der Waals surface area contributed by atoms with Crippen molar-refractivity contribution in [1.82, 2.24) is 0 Å². The van der Waals surface area contributed by atoms with E-state index in [0.717, 1.165) is 0 Å². The van der Waals surface area contributed by atoms with Gasteiger partial charge < -0.3 is 14.8 Å². The monoisotopic (exact) mass is 316 g/mol. The summed E-state index contributed by atoms with van der Waals surface area (Å²) in [5.74, 6) is 0.673. The molecular weight excluding hydrogens is 300 g/mol. The Balaban J connectivity index is 1.97. The lowest BCUT2D eigenvalue weighted by molar-refractivity contribution is -0.384. The minimum absolute atomic E-state index is 0.0363. The molecule has 7 heteroatoms. The van der Waals surface area contributed by atoms with Crippen molar-refractivity contribution in [2.24, 2.45) is 0 Å². The number of non-ortho nitro benzene ring substituents is 1. The van der Waals surface area contributed by atoms with E-state index in [9.17, 15) is 14.9 Å². The maximum atomic E-state index is 12.1. The molecule has 23 heavy (non-hydrogen) atoms. The zero-order chi connectivity index (χ0) is 16.8. The van der Waals surface area contributed by atoms with Crippen molar-refractivity contribution in [3.05, 3.63) is 58.6 Å². The number of anilines is 1. The van der Waals surface area contributed by atoms with Crippen LogP contribution in [0.4, 0.5) is 11.4 Å². The van der Waals surface area contributed by atoms with E-state index >= 15 is 0 Å². The molecule has 0 radical (unpaired) electrons. The molecule has 0 heterocycles. The van der Waals surface area contributed by atoms with E-state index in [0.29, 0.717) is 17.2 Å². The SMILES string of the molecule is COc1cccc(NC(=O)[C@@H](C)Oc2ccc([N+](=O)[O-])cc2)c1. The van der Waals surface area contributed by atoms with Crippen LogP contribution in [0.15, 0.2) is 48.5 Å². The second kappa shape index (κ2) is 7.26. The van der Waals surface area contributed by atoms with Crippen LogP contribution in [0, 0.1) is 10.1 Å². The van der Waals surface area contributed by atoms with Gasteiger partial charge in [0.05, 0.1) is 12.0 Å². The highest BCUT2D eigenvalue weighted by molar-refractivity contribution is 5.94. The van der Waals surface area contributed by atoms with Gasteiger partial charge in [0.2, 0.25) is 0 Å². The Hall–Kier alpha value is -3.09. The number of nitrogens with zero attached hydrogens (tertiary/aromatic N) is 1. The number of benzene rings is 2. The van der Waals surface area contributed by atoms with Gasteiger partial charge in [0.1, 0.15) is 11.5 Å². The minimum Gasteiger partial charge on any atom is -0.497 e. The van der Waals surface area contributed by atoms with E-state index in [4.69, 9.17) is 9.47 Å². The van der Waals surface area contributed by atoms with Gasteiger partial charge in [0.15, 0.2) is 6.10 Å². The molecule has 1 atom stereocenters. The molecule has 0 unspecified atom stereocenters. The zero-order valence-electron chi connectivity index (χ0n) is 12.7. The normalized spacial score (nSPS) is 11.4. The highest BCUT2D eigenvalue weighted by Crippen LogP contribution is 2.20. The van der Waals surface area contributed by atoms with Crippen molar-refractivity contribution in [2.75, 3.05) is 12.4 Å². The Morgan fingerprint density at radius 1 is 1.17 bits per heavy atom. The number of methoxy groups -OCH3 is 1. The van der Waals surface area contributed by atoms with Gasteiger partial charge in [-0.25, -0.2) is 0 Å². The lowest BCUT2D eigenvalue weighted by Crippen LogP contribution is -2.30. The molecule has 0 aromatic heterocycles. The number of hydrogen-bond donors (Lipinski definition) is 1. The summed E-state index contributed by atoms with van der Waals surface area (Å²) >= 11 is 0. The van der Waals surface area contributed by atoms with Gasteiger partial charge >= 0.3 is 0 Å². The fourth-order valence-electron chi connectivity index (χ4n) is 1.85. The molecule has 2 aromatic carbocycles. The highest BCUT2D eigenvalue weighted by atomic mass is 16.6. The van der Waals surface area contributed by atoms with Gasteiger partial charge in [-0.05, 0) is 31.2 Å². The number of ether oxygens (including phenoxy) is 2. The quantitative estimate of drug-likeness (QED) is 0.653. The molecule has 0 bridgehead atoms. The van der Waals surface area contributed by atoms with Crippen LogP contribution in [-0.2, 0) is 4.79 Å². The van der Waals surface area contributed by atoms with Crippen molar-refractivity contribution >= 4 is 17.3 Å². The Bertz CT molecular complexity index is 700. The average molecular weight is 316 g/mol. The van der Waals surface area contributed by atoms with Gasteiger partial charge in [0.25, 0.3) is 11.6 Å². The highest BCUT2D eigenvalue weighted by Gasteiger charge is 2.15. The molecule has 7 nitrogen and oxygen atoms in total. The zero-order valence-corrected chi connectivity index (χ0v) is 12.7. The summed E-state index contributed by atoms with van der Waals surface area (Å²) < 4.78 is 10.6. The Morgan fingerprint density at radius 2 is 1.87 bits per heavy atom. The standard InChI is InChI=1S/C16H16N2O5/c1-11(23-14-8-6-13(7-9-14)18(20)21)16(19)17-12-4-3-5-15(10-12)22-2/h3-11H,1-2H3,(H,17,19)/t11-/m1/s1. The van der Waals surface area contributed by atoms with E-state index in [-0.39, 0.29) is 11.6 Å². The number of nitrogens with one attached hydrogen (secondary N) is 1. The average Bonchev–Trinajstić information content (AvgIpc) is 2.55. The van der Waals surface area contributed by atoms with Crippen LogP contribution in [0.1, 0.15) is 6.92 Å². The predicted octanol–water partition coefficient (Wildman–Crippen LogP) is 3.01. The van der Waals surface area contributed by atoms with Crippen LogP contribution in [0.5, 0.6) is 11.5 Å². The van der Waals surface area contributed by atoms with E-state index in [2.05, 4.69) is 5.32 Å². The molecule has 120 valence electrons. The predicted molar refractivity (Wildman–Crippen MR) is 84.8 cm³/mol. The number of carbonyl (C=O) groups is 1. The van der Waals surface area contributed by atoms with E-state index in [1.165, 1.54) is 24.3 Å². The first kappa shape index (κ1) is 16.3. The van der Waals surface area contributed by atoms with E-state index < -0.39 is 11.0 Å². The maximum Gasteiger partial charge on any atom is 0.269 e. The molecule has 0 aliphatic rings. The fraction of sp³-hybridized carbons (Fsp3) is 0.188. The first-order valence-corrected chi connectivity index (χ1v) is 6.85. The van der Waals surface area contributed by atoms with E-state index in [1.54, 1.807) is 38.3 Å². The molecule has 0 saturated heterocycles. The van der Waals surface area contributed by atoms with Crippen molar-refractivity contribution in [1.29, 1.82) is 0 Å². The van der Waals surface area contributed by atoms with Crippen molar-refractivity contribution in [2.45, 2.75) is 13.0 Å². The summed E-state index contributed by atoms with van der Waals surface area (Å²) in [6.07, 6.45) is -0.761. The second-order valence-corrected chi connectivity index (χ2v) is 4.73. The number of carbonyl (C=O) groups excluding carboxylic acids is 1. The summed E-state index contributed by atoms with van der Waals surface area (Å²) in [7, 11) is 1.54. The summed E-state index contributed by atoms with van der Waals surface area (Å²) in [6.45, 7) is 1.59. The topological polar surface area (TPSA) is 90.7 Å². The summed E-state index contributed by atoms with van der Waals surface area (Å²) in [4.78, 5) is 22.2. The minimum atomic E-state index is -0.761.